The van der Waals surface area contributed by atoms with Crippen molar-refractivity contribution in [2.24, 2.45) is 11.8 Å². The predicted octanol–water partition coefficient (Wildman–Crippen LogP) is 3.71. The lowest BCUT2D eigenvalue weighted by atomic mass is 9.84. The molecule has 1 N–H and O–H groups in total. The fourth-order valence-electron chi connectivity index (χ4n) is 4.16. The van der Waals surface area contributed by atoms with Crippen LogP contribution in [0.5, 0.6) is 0 Å². The van der Waals surface area contributed by atoms with Crippen LogP contribution in [0.4, 0.5) is 0 Å². The third kappa shape index (κ3) is 3.66. The van der Waals surface area contributed by atoms with E-state index in [1.807, 2.05) is 0 Å². The standard InChI is InChI=1S/C18H30N2/c1-20(14-16-5-3-2-4-6-16)12-10-15-7-8-17-9-11-19-18(17)13-15/h8-9,11,15-16,18-19H,2-7,10,12-14H2,1H3. The van der Waals surface area contributed by atoms with E-state index in [2.05, 4.69) is 35.6 Å². The van der Waals surface area contributed by atoms with Crippen LogP contribution in [0, 0.1) is 11.8 Å². The molecule has 1 fully saturated rings. The molecule has 1 aliphatic heterocycles. The monoisotopic (exact) mass is 274 g/mol. The summed E-state index contributed by atoms with van der Waals surface area (Å²) in [6.45, 7) is 2.61. The Morgan fingerprint density at radius 3 is 2.90 bits per heavy atom. The first-order valence-electron chi connectivity index (χ1n) is 8.62. The van der Waals surface area contributed by atoms with Gasteiger partial charge in [0, 0.05) is 6.54 Å². The van der Waals surface area contributed by atoms with E-state index >= 15 is 0 Å². The average Bonchev–Trinajstić information content (AvgIpc) is 2.93. The van der Waals surface area contributed by atoms with Crippen LogP contribution in [-0.2, 0) is 0 Å². The average molecular weight is 274 g/mol. The smallest absolute Gasteiger partial charge is 0.0508 e. The van der Waals surface area contributed by atoms with Crippen molar-refractivity contribution < 1.29 is 0 Å². The molecule has 3 rings (SSSR count). The van der Waals surface area contributed by atoms with Crippen molar-refractivity contribution in [3.63, 3.8) is 0 Å². The maximum Gasteiger partial charge on any atom is 0.0508 e. The summed E-state index contributed by atoms with van der Waals surface area (Å²) in [5.41, 5.74) is 1.52. The van der Waals surface area contributed by atoms with Gasteiger partial charge < -0.3 is 10.2 Å². The van der Waals surface area contributed by atoms with E-state index in [0.29, 0.717) is 6.04 Å². The minimum atomic E-state index is 0.623. The van der Waals surface area contributed by atoms with E-state index in [4.69, 9.17) is 0 Å². The molecule has 1 heterocycles. The number of nitrogens with zero attached hydrogens (tertiary/aromatic N) is 1. The van der Waals surface area contributed by atoms with Gasteiger partial charge in [-0.15, -0.1) is 0 Å². The fourth-order valence-corrected chi connectivity index (χ4v) is 4.16. The first-order valence-corrected chi connectivity index (χ1v) is 8.62. The third-order valence-electron chi connectivity index (χ3n) is 5.45. The van der Waals surface area contributed by atoms with E-state index in [1.54, 1.807) is 0 Å². The normalized spacial score (nSPS) is 30.2. The van der Waals surface area contributed by atoms with Crippen LogP contribution in [0.1, 0.15) is 51.4 Å². The largest absolute Gasteiger partial charge is 0.384 e. The van der Waals surface area contributed by atoms with Crippen LogP contribution in [-0.4, -0.2) is 31.1 Å². The van der Waals surface area contributed by atoms with Crippen LogP contribution in [0.25, 0.3) is 0 Å². The summed E-state index contributed by atoms with van der Waals surface area (Å²) in [5, 5.41) is 3.48. The molecule has 2 heteroatoms. The molecule has 0 aromatic rings. The summed E-state index contributed by atoms with van der Waals surface area (Å²) in [6, 6.07) is 0.623. The van der Waals surface area contributed by atoms with Gasteiger partial charge in [0.1, 0.15) is 0 Å². The Morgan fingerprint density at radius 1 is 1.20 bits per heavy atom. The summed E-state index contributed by atoms with van der Waals surface area (Å²) in [6.07, 6.45) is 18.1. The summed E-state index contributed by atoms with van der Waals surface area (Å²) in [4.78, 5) is 2.59. The third-order valence-corrected chi connectivity index (χ3v) is 5.45. The Bertz CT molecular complexity index is 366. The van der Waals surface area contributed by atoms with Crippen molar-refractivity contribution in [2.75, 3.05) is 20.1 Å². The van der Waals surface area contributed by atoms with E-state index in [9.17, 15) is 0 Å². The lowest BCUT2D eigenvalue weighted by Gasteiger charge is -2.30. The molecule has 0 radical (unpaired) electrons. The SMILES string of the molecule is CN(CCC1CC=C2C=CNC2C1)CC1CCCCC1. The summed E-state index contributed by atoms with van der Waals surface area (Å²) < 4.78 is 0. The molecule has 0 aromatic carbocycles. The quantitative estimate of drug-likeness (QED) is 0.822. The van der Waals surface area contributed by atoms with Crippen molar-refractivity contribution in [3.05, 3.63) is 23.9 Å². The van der Waals surface area contributed by atoms with Gasteiger partial charge in [-0.3, -0.25) is 0 Å². The van der Waals surface area contributed by atoms with Crippen molar-refractivity contribution >= 4 is 0 Å². The molecule has 0 saturated heterocycles. The summed E-state index contributed by atoms with van der Waals surface area (Å²) in [7, 11) is 2.33. The number of allylic oxidation sites excluding steroid dienone is 1. The van der Waals surface area contributed by atoms with E-state index in [-0.39, 0.29) is 0 Å². The molecule has 20 heavy (non-hydrogen) atoms. The second-order valence-electron chi connectivity index (χ2n) is 7.15. The zero-order valence-corrected chi connectivity index (χ0v) is 13.0. The predicted molar refractivity (Wildman–Crippen MR) is 85.6 cm³/mol. The van der Waals surface area contributed by atoms with Gasteiger partial charge in [0.15, 0.2) is 0 Å². The topological polar surface area (TPSA) is 15.3 Å². The van der Waals surface area contributed by atoms with Gasteiger partial charge in [-0.2, -0.15) is 0 Å². The van der Waals surface area contributed by atoms with Crippen molar-refractivity contribution in [2.45, 2.75) is 57.4 Å². The minimum absolute atomic E-state index is 0.623. The molecule has 2 aliphatic carbocycles. The number of nitrogens with one attached hydrogen (secondary N) is 1. The Kier molecular flexibility index (Phi) is 4.82. The number of hydrogen-bond donors (Lipinski definition) is 1. The highest BCUT2D eigenvalue weighted by atomic mass is 15.1. The van der Waals surface area contributed by atoms with Gasteiger partial charge in [0.2, 0.25) is 0 Å². The van der Waals surface area contributed by atoms with Gasteiger partial charge in [-0.05, 0) is 75.4 Å². The van der Waals surface area contributed by atoms with Crippen molar-refractivity contribution in [1.82, 2.24) is 10.2 Å². The molecule has 2 unspecified atom stereocenters. The molecule has 0 spiro atoms. The Balaban J connectivity index is 1.37. The first kappa shape index (κ1) is 14.2. The number of rotatable bonds is 5. The van der Waals surface area contributed by atoms with Crippen LogP contribution in [0.2, 0.25) is 0 Å². The van der Waals surface area contributed by atoms with Crippen LogP contribution >= 0.6 is 0 Å². The highest BCUT2D eigenvalue weighted by Crippen LogP contribution is 2.30. The van der Waals surface area contributed by atoms with E-state index < -0.39 is 0 Å². The van der Waals surface area contributed by atoms with Crippen LogP contribution < -0.4 is 5.32 Å². The molecule has 1 saturated carbocycles. The summed E-state index contributed by atoms with van der Waals surface area (Å²) >= 11 is 0. The molecule has 0 amide bonds. The Morgan fingerprint density at radius 2 is 2.05 bits per heavy atom. The van der Waals surface area contributed by atoms with Crippen molar-refractivity contribution in [3.8, 4) is 0 Å². The molecule has 0 aromatic heterocycles. The van der Waals surface area contributed by atoms with Gasteiger partial charge in [0.05, 0.1) is 6.04 Å². The van der Waals surface area contributed by atoms with Crippen molar-refractivity contribution in [1.29, 1.82) is 0 Å². The van der Waals surface area contributed by atoms with Gasteiger partial charge in [0.25, 0.3) is 0 Å². The second-order valence-corrected chi connectivity index (χ2v) is 7.15. The zero-order chi connectivity index (χ0) is 13.8. The first-order chi connectivity index (χ1) is 9.81. The second kappa shape index (κ2) is 6.80. The van der Waals surface area contributed by atoms with E-state index in [1.165, 1.54) is 70.0 Å². The minimum Gasteiger partial charge on any atom is -0.384 e. The van der Waals surface area contributed by atoms with Crippen LogP contribution in [0.3, 0.4) is 0 Å². The lowest BCUT2D eigenvalue weighted by Crippen LogP contribution is -2.31. The highest BCUT2D eigenvalue weighted by molar-refractivity contribution is 5.32. The number of fused-ring (bicyclic) bond motifs is 1. The molecule has 112 valence electrons. The molecular weight excluding hydrogens is 244 g/mol. The fraction of sp³-hybridized carbons (Fsp3) is 0.778. The highest BCUT2D eigenvalue weighted by Gasteiger charge is 2.25. The lowest BCUT2D eigenvalue weighted by molar-refractivity contribution is 0.217. The summed E-state index contributed by atoms with van der Waals surface area (Å²) in [5.74, 6) is 1.86. The Hall–Kier alpha value is -0.760. The number of hydrogen-bond acceptors (Lipinski definition) is 2. The maximum absolute atomic E-state index is 3.48. The molecule has 0 bridgehead atoms. The zero-order valence-electron chi connectivity index (χ0n) is 13.0. The molecule has 3 aliphatic rings. The van der Waals surface area contributed by atoms with Gasteiger partial charge in [-0.25, -0.2) is 0 Å². The van der Waals surface area contributed by atoms with E-state index in [0.717, 1.165) is 11.8 Å². The molecular formula is C18H30N2. The van der Waals surface area contributed by atoms with Gasteiger partial charge >= 0.3 is 0 Å². The molecule has 2 atom stereocenters. The maximum atomic E-state index is 3.48. The van der Waals surface area contributed by atoms with Crippen LogP contribution in [0.15, 0.2) is 23.9 Å². The van der Waals surface area contributed by atoms with Gasteiger partial charge in [-0.1, -0.05) is 25.3 Å². The molecule has 2 nitrogen and oxygen atoms in total. The Labute approximate surface area is 124 Å².